The third-order valence-corrected chi connectivity index (χ3v) is 9.17. The van der Waals surface area contributed by atoms with Crippen molar-refractivity contribution in [1.82, 2.24) is 19.2 Å². The highest BCUT2D eigenvalue weighted by Gasteiger charge is 2.32. The van der Waals surface area contributed by atoms with E-state index in [4.69, 9.17) is 27.9 Å². The molecule has 1 amide bonds. The smallest absolute Gasteiger partial charge is 0.268 e. The summed E-state index contributed by atoms with van der Waals surface area (Å²) in [6, 6.07) is 12.6. The Bertz CT molecular complexity index is 1840. The van der Waals surface area contributed by atoms with Gasteiger partial charge in [-0.05, 0) is 62.2 Å². The molecular formula is C27H23Cl2N5O3S2. The van der Waals surface area contributed by atoms with E-state index in [0.717, 1.165) is 20.8 Å². The number of benzene rings is 2. The summed E-state index contributed by atoms with van der Waals surface area (Å²) in [5.41, 5.74) is 2.67. The zero-order chi connectivity index (χ0) is 27.5. The Morgan fingerprint density at radius 1 is 1.21 bits per heavy atom. The van der Waals surface area contributed by atoms with Gasteiger partial charge in [-0.2, -0.15) is 0 Å². The van der Waals surface area contributed by atoms with Crippen molar-refractivity contribution >= 4 is 73.9 Å². The summed E-state index contributed by atoms with van der Waals surface area (Å²) in [4.78, 5) is 28.7. The van der Waals surface area contributed by atoms with Gasteiger partial charge in [0.05, 0.1) is 39.7 Å². The van der Waals surface area contributed by atoms with Crippen LogP contribution in [0.3, 0.4) is 0 Å². The molecule has 39 heavy (non-hydrogen) atoms. The molecule has 200 valence electrons. The number of aromatic nitrogens is 4. The second-order valence-corrected chi connectivity index (χ2v) is 12.8. The molecule has 0 fully saturated rings. The van der Waals surface area contributed by atoms with Gasteiger partial charge in [-0.25, -0.2) is 8.97 Å². The lowest BCUT2D eigenvalue weighted by molar-refractivity contribution is -0.113. The topological polar surface area (TPSA) is 90.5 Å². The Morgan fingerprint density at radius 2 is 2.03 bits per heavy atom. The van der Waals surface area contributed by atoms with Crippen molar-refractivity contribution in [2.75, 3.05) is 11.1 Å². The summed E-state index contributed by atoms with van der Waals surface area (Å²) in [6.07, 6.45) is 0.617. The summed E-state index contributed by atoms with van der Waals surface area (Å²) in [5, 5.41) is 13.6. The molecule has 1 aliphatic rings. The van der Waals surface area contributed by atoms with Crippen molar-refractivity contribution in [2.24, 2.45) is 0 Å². The number of thioether (sulfide) groups is 1. The van der Waals surface area contributed by atoms with Crippen LogP contribution in [0.4, 0.5) is 5.69 Å². The standard InChI is InChI=1S/C27H23Cl2N5O3S2/c1-14-5-4-6-16(9-14)33-23(36)22-17-11-27(2,3)37-12-20(17)39-24(22)34-25(33)31-32-26(34)38-13-21(35)30-19-8-7-15(28)10-18(19)29/h4-10H,11-13H2,1-3H3,(H,30,35). The SMILES string of the molecule is Cc1cccc(-n2c(=O)c3c4c(sc3n3c(SCC(=O)Nc5ccc(Cl)cc5Cl)nnc23)COC(C)(C)C4)c1. The van der Waals surface area contributed by atoms with Crippen LogP contribution in [0.25, 0.3) is 21.7 Å². The fraction of sp³-hybridized carbons (Fsp3) is 0.259. The lowest BCUT2D eigenvalue weighted by Gasteiger charge is -2.29. The van der Waals surface area contributed by atoms with Crippen molar-refractivity contribution in [2.45, 2.75) is 44.6 Å². The van der Waals surface area contributed by atoms with Gasteiger partial charge >= 0.3 is 0 Å². The lowest BCUT2D eigenvalue weighted by Crippen LogP contribution is -2.32. The third kappa shape index (κ3) is 4.85. The van der Waals surface area contributed by atoms with E-state index in [1.165, 1.54) is 23.1 Å². The number of fused-ring (bicyclic) bond motifs is 5. The number of anilines is 1. The molecule has 3 aromatic heterocycles. The average molecular weight is 601 g/mol. The molecule has 0 atom stereocenters. The van der Waals surface area contributed by atoms with Gasteiger partial charge in [-0.1, -0.05) is 47.1 Å². The Balaban J connectivity index is 1.46. The highest BCUT2D eigenvalue weighted by atomic mass is 35.5. The number of carbonyl (C=O) groups is 1. The number of rotatable bonds is 5. The Kier molecular flexibility index (Phi) is 6.71. The maximum Gasteiger partial charge on any atom is 0.268 e. The van der Waals surface area contributed by atoms with E-state index in [0.29, 0.717) is 50.8 Å². The second kappa shape index (κ2) is 9.94. The maximum atomic E-state index is 14.1. The number of hydrogen-bond acceptors (Lipinski definition) is 7. The van der Waals surface area contributed by atoms with Crippen molar-refractivity contribution < 1.29 is 9.53 Å². The number of thiophene rings is 1. The minimum Gasteiger partial charge on any atom is -0.370 e. The van der Waals surface area contributed by atoms with Crippen LogP contribution < -0.4 is 10.9 Å². The van der Waals surface area contributed by atoms with E-state index in [9.17, 15) is 9.59 Å². The van der Waals surface area contributed by atoms with Gasteiger partial charge in [-0.3, -0.25) is 9.59 Å². The van der Waals surface area contributed by atoms with Gasteiger partial charge in [-0.15, -0.1) is 21.5 Å². The van der Waals surface area contributed by atoms with Crippen LogP contribution in [0.1, 0.15) is 29.9 Å². The summed E-state index contributed by atoms with van der Waals surface area (Å²) >= 11 is 14.9. The molecule has 0 spiro atoms. The van der Waals surface area contributed by atoms with Crippen molar-refractivity contribution in [1.29, 1.82) is 0 Å². The van der Waals surface area contributed by atoms with E-state index in [2.05, 4.69) is 15.5 Å². The molecule has 0 saturated carbocycles. The zero-order valence-corrected chi connectivity index (χ0v) is 24.4. The monoisotopic (exact) mass is 599 g/mol. The first kappa shape index (κ1) is 26.3. The normalized spacial score (nSPS) is 14.6. The van der Waals surface area contributed by atoms with Crippen molar-refractivity contribution in [3.63, 3.8) is 0 Å². The largest absolute Gasteiger partial charge is 0.370 e. The number of amides is 1. The van der Waals surface area contributed by atoms with E-state index in [1.54, 1.807) is 22.8 Å². The average Bonchev–Trinajstić information content (AvgIpc) is 3.45. The lowest BCUT2D eigenvalue weighted by atomic mass is 9.94. The molecule has 2 aromatic carbocycles. The molecule has 4 heterocycles. The Morgan fingerprint density at radius 3 is 2.79 bits per heavy atom. The number of carbonyl (C=O) groups excluding carboxylic acids is 1. The zero-order valence-electron chi connectivity index (χ0n) is 21.2. The van der Waals surface area contributed by atoms with Crippen molar-refractivity contribution in [3.05, 3.63) is 78.9 Å². The molecule has 0 saturated heterocycles. The highest BCUT2D eigenvalue weighted by Crippen LogP contribution is 2.39. The number of hydrogen-bond donors (Lipinski definition) is 1. The van der Waals surface area contributed by atoms with Crippen LogP contribution in [0, 0.1) is 6.92 Å². The van der Waals surface area contributed by atoms with E-state index in [-0.39, 0.29) is 22.8 Å². The molecular weight excluding hydrogens is 577 g/mol. The fourth-order valence-corrected chi connectivity index (χ4v) is 7.17. The first-order valence-electron chi connectivity index (χ1n) is 12.1. The minimum absolute atomic E-state index is 0.0616. The molecule has 5 aromatic rings. The number of nitrogens with zero attached hydrogens (tertiary/aromatic N) is 4. The highest BCUT2D eigenvalue weighted by molar-refractivity contribution is 7.99. The van der Waals surface area contributed by atoms with E-state index < -0.39 is 0 Å². The van der Waals surface area contributed by atoms with Gasteiger partial charge < -0.3 is 10.1 Å². The molecule has 1 aliphatic heterocycles. The number of aryl methyl sites for hydroxylation is 1. The van der Waals surface area contributed by atoms with Gasteiger partial charge in [0.25, 0.3) is 5.56 Å². The van der Waals surface area contributed by atoms with Crippen LogP contribution in [0.5, 0.6) is 0 Å². The van der Waals surface area contributed by atoms with Gasteiger partial charge in [0.1, 0.15) is 4.83 Å². The third-order valence-electron chi connectivity index (χ3n) is 6.50. The second-order valence-electron chi connectivity index (χ2n) is 9.97. The van der Waals surface area contributed by atoms with Crippen LogP contribution >= 0.6 is 46.3 Å². The first-order chi connectivity index (χ1) is 18.6. The fourth-order valence-electron chi connectivity index (χ4n) is 4.71. The quantitative estimate of drug-likeness (QED) is 0.239. The van der Waals surface area contributed by atoms with Crippen LogP contribution in [0.15, 0.2) is 52.4 Å². The number of ether oxygens (including phenoxy) is 1. The first-order valence-corrected chi connectivity index (χ1v) is 14.7. The van der Waals surface area contributed by atoms with Crippen LogP contribution in [-0.2, 0) is 22.6 Å². The van der Waals surface area contributed by atoms with E-state index >= 15 is 0 Å². The summed E-state index contributed by atoms with van der Waals surface area (Å²) in [7, 11) is 0. The Hall–Kier alpha value is -2.89. The summed E-state index contributed by atoms with van der Waals surface area (Å²) in [6.45, 7) is 6.47. The molecule has 1 N–H and O–H groups in total. The molecule has 8 nitrogen and oxygen atoms in total. The molecule has 0 bridgehead atoms. The van der Waals surface area contributed by atoms with E-state index in [1.807, 2.05) is 49.4 Å². The molecule has 0 unspecified atom stereocenters. The number of nitrogens with one attached hydrogen (secondary N) is 1. The molecule has 0 aliphatic carbocycles. The molecule has 6 rings (SSSR count). The summed E-state index contributed by atoms with van der Waals surface area (Å²) in [5.74, 6) is 0.192. The molecule has 12 heteroatoms. The van der Waals surface area contributed by atoms with Gasteiger partial charge in [0, 0.05) is 16.3 Å². The van der Waals surface area contributed by atoms with Gasteiger partial charge in [0.15, 0.2) is 5.16 Å². The van der Waals surface area contributed by atoms with Crippen LogP contribution in [-0.4, -0.2) is 36.4 Å². The number of halogens is 2. The maximum absolute atomic E-state index is 14.1. The Labute approximate surface area is 241 Å². The molecule has 0 radical (unpaired) electrons. The van der Waals surface area contributed by atoms with Crippen LogP contribution in [0.2, 0.25) is 10.0 Å². The predicted molar refractivity (Wildman–Crippen MR) is 157 cm³/mol. The predicted octanol–water partition coefficient (Wildman–Crippen LogP) is 6.29. The summed E-state index contributed by atoms with van der Waals surface area (Å²) < 4.78 is 9.54. The van der Waals surface area contributed by atoms with Gasteiger partial charge in [0.2, 0.25) is 11.7 Å². The minimum atomic E-state index is -0.387. The van der Waals surface area contributed by atoms with Crippen molar-refractivity contribution in [3.8, 4) is 5.69 Å².